The fraction of sp³-hybridized carbons (Fsp3) is 0.476. The van der Waals surface area contributed by atoms with Crippen LogP contribution in [0.15, 0.2) is 23.1 Å². The van der Waals surface area contributed by atoms with Crippen molar-refractivity contribution in [2.75, 3.05) is 31.5 Å². The van der Waals surface area contributed by atoms with E-state index in [1.165, 1.54) is 25.9 Å². The Kier molecular flexibility index (Phi) is 5.80. The summed E-state index contributed by atoms with van der Waals surface area (Å²) in [6, 6.07) is 0. The number of hydrogen-bond acceptors (Lipinski definition) is 8. The van der Waals surface area contributed by atoms with Gasteiger partial charge in [0.15, 0.2) is 5.76 Å². The van der Waals surface area contributed by atoms with E-state index in [9.17, 15) is 0 Å². The number of aryl methyl sites for hydroxylation is 2. The number of rotatable bonds is 7. The van der Waals surface area contributed by atoms with Gasteiger partial charge in [-0.3, -0.25) is 9.97 Å². The lowest BCUT2D eigenvalue weighted by atomic mass is 10.0. The van der Waals surface area contributed by atoms with Crippen LogP contribution in [0.2, 0.25) is 0 Å². The van der Waals surface area contributed by atoms with Crippen LogP contribution in [-0.2, 0) is 6.42 Å². The van der Waals surface area contributed by atoms with E-state index in [0.29, 0.717) is 23.1 Å². The number of likely N-dealkylation sites (tertiary alicyclic amines) is 1. The number of anilines is 1. The Morgan fingerprint density at radius 3 is 2.62 bits per heavy atom. The molecule has 3 aromatic rings. The summed E-state index contributed by atoms with van der Waals surface area (Å²) in [4.78, 5) is 20.7. The minimum absolute atomic E-state index is 0.583. The Labute approximate surface area is 170 Å². The third-order valence-corrected chi connectivity index (χ3v) is 5.31. The molecule has 1 aliphatic heterocycles. The quantitative estimate of drug-likeness (QED) is 0.654. The Bertz CT molecular complexity index is 962. The van der Waals surface area contributed by atoms with Crippen LogP contribution in [0.5, 0.6) is 0 Å². The molecule has 0 unspecified atom stereocenters. The minimum Gasteiger partial charge on any atom is -0.356 e. The molecule has 8 heteroatoms. The number of hydrogen-bond donors (Lipinski definition) is 1. The summed E-state index contributed by atoms with van der Waals surface area (Å²) in [7, 11) is 0. The van der Waals surface area contributed by atoms with Gasteiger partial charge in [-0.05, 0) is 46.2 Å². The Balaban J connectivity index is 1.65. The normalized spacial score (nSPS) is 14.4. The third kappa shape index (κ3) is 4.27. The van der Waals surface area contributed by atoms with Crippen molar-refractivity contribution in [2.45, 2.75) is 40.0 Å². The molecule has 0 bridgehead atoms. The van der Waals surface area contributed by atoms with Gasteiger partial charge in [0.2, 0.25) is 5.95 Å². The molecule has 1 saturated heterocycles. The highest BCUT2D eigenvalue weighted by Crippen LogP contribution is 2.33. The van der Waals surface area contributed by atoms with Crippen LogP contribution in [0.25, 0.3) is 22.7 Å². The van der Waals surface area contributed by atoms with Gasteiger partial charge < -0.3 is 14.7 Å². The standard InChI is InChI=1S/C21H27N7O/c1-4-16-15(3)27-29-20(16)17-12-25-21(22-7-10-28-8-5-6-9-28)26-19(17)18-13-23-14(2)11-24-18/h11-13H,4-10H2,1-3H3,(H,22,25,26). The van der Waals surface area contributed by atoms with Crippen molar-refractivity contribution in [3.05, 3.63) is 35.5 Å². The molecule has 1 aliphatic rings. The van der Waals surface area contributed by atoms with E-state index < -0.39 is 0 Å². The molecule has 3 aromatic heterocycles. The van der Waals surface area contributed by atoms with Crippen molar-refractivity contribution in [3.8, 4) is 22.7 Å². The van der Waals surface area contributed by atoms with E-state index in [4.69, 9.17) is 9.51 Å². The highest BCUT2D eigenvalue weighted by Gasteiger charge is 2.21. The van der Waals surface area contributed by atoms with Gasteiger partial charge in [0, 0.05) is 31.0 Å². The lowest BCUT2D eigenvalue weighted by Crippen LogP contribution is -2.26. The van der Waals surface area contributed by atoms with Gasteiger partial charge in [0.25, 0.3) is 0 Å². The lowest BCUT2D eigenvalue weighted by molar-refractivity contribution is 0.352. The van der Waals surface area contributed by atoms with Crippen LogP contribution < -0.4 is 5.32 Å². The summed E-state index contributed by atoms with van der Waals surface area (Å²) in [5, 5.41) is 7.49. The molecule has 0 amide bonds. The summed E-state index contributed by atoms with van der Waals surface area (Å²) in [6.45, 7) is 10.1. The molecule has 0 atom stereocenters. The van der Waals surface area contributed by atoms with Crippen LogP contribution in [0.1, 0.15) is 36.7 Å². The minimum atomic E-state index is 0.583. The van der Waals surface area contributed by atoms with E-state index in [2.05, 4.69) is 37.2 Å². The van der Waals surface area contributed by atoms with Gasteiger partial charge in [-0.2, -0.15) is 0 Å². The molecule has 8 nitrogen and oxygen atoms in total. The zero-order valence-electron chi connectivity index (χ0n) is 17.3. The van der Waals surface area contributed by atoms with E-state index in [-0.39, 0.29) is 0 Å². The highest BCUT2D eigenvalue weighted by atomic mass is 16.5. The van der Waals surface area contributed by atoms with Crippen LogP contribution in [0.4, 0.5) is 5.95 Å². The van der Waals surface area contributed by atoms with Crippen molar-refractivity contribution >= 4 is 5.95 Å². The van der Waals surface area contributed by atoms with Crippen LogP contribution >= 0.6 is 0 Å². The van der Waals surface area contributed by atoms with Crippen molar-refractivity contribution in [1.82, 2.24) is 30.0 Å². The van der Waals surface area contributed by atoms with Gasteiger partial charge in [-0.25, -0.2) is 9.97 Å². The Morgan fingerprint density at radius 2 is 1.90 bits per heavy atom. The molecule has 4 rings (SSSR count). The van der Waals surface area contributed by atoms with E-state index in [1.807, 2.05) is 13.8 Å². The van der Waals surface area contributed by atoms with Gasteiger partial charge in [0.1, 0.15) is 11.4 Å². The molecule has 152 valence electrons. The second-order valence-electron chi connectivity index (χ2n) is 7.40. The Hall–Kier alpha value is -2.87. The maximum Gasteiger partial charge on any atom is 0.223 e. The van der Waals surface area contributed by atoms with Crippen molar-refractivity contribution in [1.29, 1.82) is 0 Å². The number of nitrogens with one attached hydrogen (secondary N) is 1. The molecule has 1 N–H and O–H groups in total. The topological polar surface area (TPSA) is 92.9 Å². The maximum absolute atomic E-state index is 5.64. The van der Waals surface area contributed by atoms with Gasteiger partial charge >= 0.3 is 0 Å². The molecule has 0 saturated carbocycles. The second kappa shape index (κ2) is 8.65. The second-order valence-corrected chi connectivity index (χ2v) is 7.40. The van der Waals surface area contributed by atoms with Crippen molar-refractivity contribution in [2.24, 2.45) is 0 Å². The summed E-state index contributed by atoms with van der Waals surface area (Å²) < 4.78 is 5.64. The van der Waals surface area contributed by atoms with Gasteiger partial charge in [-0.1, -0.05) is 12.1 Å². The average Bonchev–Trinajstić information content (AvgIpc) is 3.38. The molecule has 0 spiro atoms. The first-order valence-corrected chi connectivity index (χ1v) is 10.2. The fourth-order valence-electron chi connectivity index (χ4n) is 3.69. The first kappa shape index (κ1) is 19.4. The zero-order valence-corrected chi connectivity index (χ0v) is 17.3. The highest BCUT2D eigenvalue weighted by molar-refractivity contribution is 5.78. The summed E-state index contributed by atoms with van der Waals surface area (Å²) in [5.41, 5.74) is 4.97. The first-order chi connectivity index (χ1) is 14.2. The summed E-state index contributed by atoms with van der Waals surface area (Å²) in [5.74, 6) is 1.28. The Morgan fingerprint density at radius 1 is 1.07 bits per heavy atom. The van der Waals surface area contributed by atoms with Crippen LogP contribution in [-0.4, -0.2) is 56.2 Å². The first-order valence-electron chi connectivity index (χ1n) is 10.2. The van der Waals surface area contributed by atoms with E-state index in [1.54, 1.807) is 18.6 Å². The molecular weight excluding hydrogens is 366 g/mol. The smallest absolute Gasteiger partial charge is 0.223 e. The molecule has 1 fully saturated rings. The molecule has 4 heterocycles. The summed E-state index contributed by atoms with van der Waals surface area (Å²) >= 11 is 0. The van der Waals surface area contributed by atoms with E-state index >= 15 is 0 Å². The molecule has 0 aromatic carbocycles. The largest absolute Gasteiger partial charge is 0.356 e. The monoisotopic (exact) mass is 393 g/mol. The molecule has 29 heavy (non-hydrogen) atoms. The van der Waals surface area contributed by atoms with Crippen LogP contribution in [0, 0.1) is 13.8 Å². The van der Waals surface area contributed by atoms with Crippen LogP contribution in [0.3, 0.4) is 0 Å². The average molecular weight is 393 g/mol. The molecular formula is C21H27N7O. The van der Waals surface area contributed by atoms with E-state index in [0.717, 1.165) is 42.0 Å². The number of aromatic nitrogens is 5. The predicted octanol–water partition coefficient (Wildman–Crippen LogP) is 3.28. The summed E-state index contributed by atoms with van der Waals surface area (Å²) in [6.07, 6.45) is 8.67. The molecule has 0 radical (unpaired) electrons. The third-order valence-electron chi connectivity index (χ3n) is 5.31. The van der Waals surface area contributed by atoms with Gasteiger partial charge in [0.05, 0.1) is 23.1 Å². The maximum atomic E-state index is 5.64. The van der Waals surface area contributed by atoms with Crippen molar-refractivity contribution in [3.63, 3.8) is 0 Å². The molecule has 0 aliphatic carbocycles. The zero-order chi connectivity index (χ0) is 20.2. The van der Waals surface area contributed by atoms with Gasteiger partial charge in [-0.15, -0.1) is 0 Å². The van der Waals surface area contributed by atoms with Crippen molar-refractivity contribution < 1.29 is 4.52 Å². The predicted molar refractivity (Wildman–Crippen MR) is 112 cm³/mol. The number of nitrogens with zero attached hydrogens (tertiary/aromatic N) is 6. The SMILES string of the molecule is CCc1c(C)noc1-c1cnc(NCCN2CCCC2)nc1-c1cnc(C)cn1. The lowest BCUT2D eigenvalue weighted by Gasteiger charge is -2.15. The fourth-order valence-corrected chi connectivity index (χ4v) is 3.69.